The van der Waals surface area contributed by atoms with Gasteiger partial charge >= 0.3 is 0 Å². The van der Waals surface area contributed by atoms with E-state index < -0.39 is 0 Å². The van der Waals surface area contributed by atoms with E-state index in [4.69, 9.17) is 0 Å². The zero-order valence-electron chi connectivity index (χ0n) is 12.4. The van der Waals surface area contributed by atoms with E-state index in [1.54, 1.807) is 0 Å². The van der Waals surface area contributed by atoms with Gasteiger partial charge in [0, 0.05) is 19.9 Å². The molecule has 0 bridgehead atoms. The molecule has 1 unspecified atom stereocenters. The molecule has 0 saturated carbocycles. The second-order valence-corrected chi connectivity index (χ2v) is 8.43. The van der Waals surface area contributed by atoms with Crippen molar-refractivity contribution in [1.29, 1.82) is 0 Å². The largest absolute Gasteiger partial charge is 0.314 e. The molecule has 1 nitrogen and oxygen atoms in total. The first-order valence-electron chi connectivity index (χ1n) is 7.24. The highest BCUT2D eigenvalue weighted by Gasteiger charge is 2.14. The highest BCUT2D eigenvalue weighted by molar-refractivity contribution is 9.10. The molecule has 2 aromatic rings. The molecule has 0 amide bonds. The Kier molecular flexibility index (Phi) is 6.93. The Morgan fingerprint density at radius 3 is 2.33 bits per heavy atom. The Morgan fingerprint density at radius 1 is 1.05 bits per heavy atom. The number of benzene rings is 1. The van der Waals surface area contributed by atoms with Crippen molar-refractivity contribution in [2.75, 3.05) is 6.54 Å². The van der Waals surface area contributed by atoms with Gasteiger partial charge in [0.2, 0.25) is 0 Å². The standard InChI is InChI=1S/C17H21Br2NS/c1-12(2)20-11-14(10-17-16(19)7-8-21-17)9-13-3-5-15(18)6-4-13/h3-8,12,14,20H,9-11H2,1-2H3. The Balaban J connectivity index is 2.04. The van der Waals surface area contributed by atoms with Gasteiger partial charge < -0.3 is 5.32 Å². The fraction of sp³-hybridized carbons (Fsp3) is 0.412. The lowest BCUT2D eigenvalue weighted by molar-refractivity contribution is 0.446. The topological polar surface area (TPSA) is 12.0 Å². The van der Waals surface area contributed by atoms with Crippen molar-refractivity contribution in [2.24, 2.45) is 5.92 Å². The molecule has 0 spiro atoms. The van der Waals surface area contributed by atoms with E-state index in [9.17, 15) is 0 Å². The minimum absolute atomic E-state index is 0.532. The summed E-state index contributed by atoms with van der Waals surface area (Å²) in [5.41, 5.74) is 1.40. The zero-order chi connectivity index (χ0) is 15.2. The van der Waals surface area contributed by atoms with Crippen LogP contribution < -0.4 is 5.32 Å². The number of rotatable bonds is 7. The predicted molar refractivity (Wildman–Crippen MR) is 100 cm³/mol. The van der Waals surface area contributed by atoms with Crippen molar-refractivity contribution < 1.29 is 0 Å². The first-order chi connectivity index (χ1) is 10.0. The summed E-state index contributed by atoms with van der Waals surface area (Å²) in [6.07, 6.45) is 2.23. The molecular weight excluding hydrogens is 410 g/mol. The summed E-state index contributed by atoms with van der Waals surface area (Å²) >= 11 is 9.00. The van der Waals surface area contributed by atoms with Gasteiger partial charge in [-0.3, -0.25) is 0 Å². The van der Waals surface area contributed by atoms with Crippen LogP contribution in [0.3, 0.4) is 0 Å². The van der Waals surface area contributed by atoms with Gasteiger partial charge in [0.05, 0.1) is 0 Å². The van der Waals surface area contributed by atoms with Gasteiger partial charge in [0.15, 0.2) is 0 Å². The van der Waals surface area contributed by atoms with Crippen LogP contribution in [0.4, 0.5) is 0 Å². The fourth-order valence-corrected chi connectivity index (χ4v) is 4.20. The number of thiophene rings is 1. The third kappa shape index (κ3) is 5.85. The lowest BCUT2D eigenvalue weighted by Crippen LogP contribution is -2.31. The normalized spacial score (nSPS) is 12.8. The lowest BCUT2D eigenvalue weighted by atomic mass is 9.95. The summed E-state index contributed by atoms with van der Waals surface area (Å²) in [7, 11) is 0. The van der Waals surface area contributed by atoms with Crippen LogP contribution in [-0.2, 0) is 12.8 Å². The van der Waals surface area contributed by atoms with Gasteiger partial charge in [-0.1, -0.05) is 41.9 Å². The van der Waals surface area contributed by atoms with Crippen molar-refractivity contribution >= 4 is 43.2 Å². The minimum atomic E-state index is 0.532. The van der Waals surface area contributed by atoms with E-state index in [1.165, 1.54) is 14.9 Å². The third-order valence-corrected chi connectivity index (χ3v) is 5.89. The quantitative estimate of drug-likeness (QED) is 0.596. The molecule has 0 fully saturated rings. The average Bonchev–Trinajstić information content (AvgIpc) is 2.84. The second kappa shape index (κ2) is 8.47. The van der Waals surface area contributed by atoms with E-state index in [2.05, 4.69) is 86.7 Å². The van der Waals surface area contributed by atoms with Gasteiger partial charge in [-0.2, -0.15) is 0 Å². The van der Waals surface area contributed by atoms with Crippen LogP contribution >= 0.6 is 43.2 Å². The molecule has 0 radical (unpaired) electrons. The van der Waals surface area contributed by atoms with Crippen LogP contribution in [0.2, 0.25) is 0 Å². The molecular formula is C17H21Br2NS. The first-order valence-corrected chi connectivity index (χ1v) is 9.71. The van der Waals surface area contributed by atoms with Gasteiger partial charge in [0.1, 0.15) is 0 Å². The van der Waals surface area contributed by atoms with Gasteiger partial charge in [-0.15, -0.1) is 11.3 Å². The van der Waals surface area contributed by atoms with E-state index in [0.717, 1.165) is 23.9 Å². The van der Waals surface area contributed by atoms with Gasteiger partial charge in [-0.25, -0.2) is 0 Å². The Morgan fingerprint density at radius 2 is 1.76 bits per heavy atom. The summed E-state index contributed by atoms with van der Waals surface area (Å²) in [4.78, 5) is 1.45. The number of nitrogens with one attached hydrogen (secondary N) is 1. The van der Waals surface area contributed by atoms with E-state index in [0.29, 0.717) is 12.0 Å². The van der Waals surface area contributed by atoms with Crippen molar-refractivity contribution in [3.8, 4) is 0 Å². The highest BCUT2D eigenvalue weighted by Crippen LogP contribution is 2.27. The van der Waals surface area contributed by atoms with E-state index in [-0.39, 0.29) is 0 Å². The average molecular weight is 431 g/mol. The molecule has 2 rings (SSSR count). The predicted octanol–water partition coefficient (Wildman–Crippen LogP) is 5.67. The van der Waals surface area contributed by atoms with E-state index in [1.807, 2.05) is 11.3 Å². The maximum atomic E-state index is 3.65. The van der Waals surface area contributed by atoms with Crippen LogP contribution in [0.25, 0.3) is 0 Å². The summed E-state index contributed by atoms with van der Waals surface area (Å²) < 4.78 is 2.39. The van der Waals surface area contributed by atoms with Crippen LogP contribution in [0.1, 0.15) is 24.3 Å². The third-order valence-electron chi connectivity index (χ3n) is 3.42. The smallest absolute Gasteiger partial charge is 0.0314 e. The second-order valence-electron chi connectivity index (χ2n) is 5.66. The van der Waals surface area contributed by atoms with Crippen LogP contribution in [0.5, 0.6) is 0 Å². The van der Waals surface area contributed by atoms with Crippen molar-refractivity contribution in [3.63, 3.8) is 0 Å². The molecule has 1 aromatic heterocycles. The van der Waals surface area contributed by atoms with Crippen LogP contribution in [0, 0.1) is 5.92 Å². The van der Waals surface area contributed by atoms with E-state index >= 15 is 0 Å². The molecule has 0 aliphatic heterocycles. The van der Waals surface area contributed by atoms with Crippen molar-refractivity contribution in [1.82, 2.24) is 5.32 Å². The molecule has 21 heavy (non-hydrogen) atoms. The molecule has 1 aromatic carbocycles. The summed E-state index contributed by atoms with van der Waals surface area (Å²) in [5, 5.41) is 5.75. The Bertz CT molecular complexity index is 548. The molecule has 1 atom stereocenters. The summed E-state index contributed by atoms with van der Waals surface area (Å²) in [6, 6.07) is 11.4. The summed E-state index contributed by atoms with van der Waals surface area (Å²) in [6.45, 7) is 5.47. The number of hydrogen-bond acceptors (Lipinski definition) is 2. The molecule has 1 heterocycles. The van der Waals surface area contributed by atoms with Gasteiger partial charge in [0.25, 0.3) is 0 Å². The number of hydrogen-bond donors (Lipinski definition) is 1. The Hall–Kier alpha value is -0.160. The monoisotopic (exact) mass is 429 g/mol. The zero-order valence-corrected chi connectivity index (χ0v) is 16.4. The summed E-state index contributed by atoms with van der Waals surface area (Å²) in [5.74, 6) is 0.614. The molecule has 1 N–H and O–H groups in total. The van der Waals surface area contributed by atoms with Crippen molar-refractivity contribution in [2.45, 2.75) is 32.7 Å². The fourth-order valence-electron chi connectivity index (χ4n) is 2.31. The van der Waals surface area contributed by atoms with Crippen LogP contribution in [-0.4, -0.2) is 12.6 Å². The number of halogens is 2. The van der Waals surface area contributed by atoms with Crippen LogP contribution in [0.15, 0.2) is 44.7 Å². The molecule has 0 aliphatic carbocycles. The SMILES string of the molecule is CC(C)NCC(Cc1ccc(Br)cc1)Cc1sccc1Br. The van der Waals surface area contributed by atoms with Crippen molar-refractivity contribution in [3.05, 3.63) is 55.1 Å². The lowest BCUT2D eigenvalue weighted by Gasteiger charge is -2.19. The highest BCUT2D eigenvalue weighted by atomic mass is 79.9. The first kappa shape index (κ1) is 17.2. The Labute approximate surface area is 148 Å². The molecule has 4 heteroatoms. The maximum absolute atomic E-state index is 3.65. The van der Waals surface area contributed by atoms with Gasteiger partial charge in [-0.05, 0) is 70.4 Å². The minimum Gasteiger partial charge on any atom is -0.314 e. The molecule has 0 aliphatic rings. The molecule has 0 saturated heterocycles. The maximum Gasteiger partial charge on any atom is 0.0314 e. The molecule has 114 valence electrons.